The van der Waals surface area contributed by atoms with Gasteiger partial charge in [0.1, 0.15) is 11.8 Å². The van der Waals surface area contributed by atoms with Gasteiger partial charge in [0.2, 0.25) is 0 Å². The van der Waals surface area contributed by atoms with Crippen LogP contribution >= 0.6 is 15.9 Å². The molecule has 0 radical (unpaired) electrons. The molecule has 0 aromatic rings. The Bertz CT molecular complexity index is 197. The zero-order valence-corrected chi connectivity index (χ0v) is 5.64. The fraction of sp³-hybridized carbons (Fsp3) is 0.200. The van der Waals surface area contributed by atoms with Crippen LogP contribution in [0.1, 0.15) is 0 Å². The van der Waals surface area contributed by atoms with E-state index in [1.807, 2.05) is 12.1 Å². The summed E-state index contributed by atoms with van der Waals surface area (Å²) in [6, 6.07) is 1.95. The molecule has 1 rings (SSSR count). The molecule has 40 valence electrons. The van der Waals surface area contributed by atoms with E-state index in [0.29, 0.717) is 12.3 Å². The van der Waals surface area contributed by atoms with Crippen LogP contribution in [0.5, 0.6) is 0 Å². The van der Waals surface area contributed by atoms with Crippen molar-refractivity contribution in [3.8, 4) is 6.07 Å². The lowest BCUT2D eigenvalue weighted by Crippen LogP contribution is -1.85. The molecule has 1 aliphatic rings. The lowest BCUT2D eigenvalue weighted by molar-refractivity contribution is 1.29. The van der Waals surface area contributed by atoms with E-state index < -0.39 is 0 Å². The summed E-state index contributed by atoms with van der Waals surface area (Å²) in [6.07, 6.45) is 1.86. The van der Waals surface area contributed by atoms with Gasteiger partial charge in [-0.15, -0.1) is 0 Å². The minimum Gasteiger partial charge on any atom is -0.269 e. The summed E-state index contributed by atoms with van der Waals surface area (Å²) in [7, 11) is 0. The summed E-state index contributed by atoms with van der Waals surface area (Å²) in [6.45, 7) is 0.642. The van der Waals surface area contributed by atoms with Gasteiger partial charge in [-0.3, -0.25) is 4.99 Å². The van der Waals surface area contributed by atoms with Gasteiger partial charge < -0.3 is 0 Å². The largest absolute Gasteiger partial charge is 0.269 e. The van der Waals surface area contributed by atoms with Crippen molar-refractivity contribution >= 4 is 21.6 Å². The fourth-order valence-electron chi connectivity index (χ4n) is 0.478. The van der Waals surface area contributed by atoms with Gasteiger partial charge in [0.15, 0.2) is 0 Å². The van der Waals surface area contributed by atoms with Gasteiger partial charge in [-0.2, -0.15) is 5.26 Å². The monoisotopic (exact) mass is 170 g/mol. The van der Waals surface area contributed by atoms with Gasteiger partial charge in [-0.1, -0.05) is 0 Å². The number of hydrogen-bond donors (Lipinski definition) is 0. The molecule has 2 nitrogen and oxygen atoms in total. The van der Waals surface area contributed by atoms with Crippen molar-refractivity contribution in [1.82, 2.24) is 0 Å². The second-order valence-corrected chi connectivity index (χ2v) is 2.21. The van der Waals surface area contributed by atoms with E-state index in [2.05, 4.69) is 20.9 Å². The zero-order chi connectivity index (χ0) is 5.98. The smallest absolute Gasteiger partial charge is 0.149 e. The Hall–Kier alpha value is -0.620. The Kier molecular flexibility index (Phi) is 1.45. The Labute approximate surface area is 55.7 Å². The van der Waals surface area contributed by atoms with Gasteiger partial charge in [0, 0.05) is 0 Å². The third kappa shape index (κ3) is 0.797. The Balaban J connectivity index is 2.86. The highest BCUT2D eigenvalue weighted by atomic mass is 79.9. The van der Waals surface area contributed by atoms with E-state index in [4.69, 9.17) is 5.26 Å². The van der Waals surface area contributed by atoms with Gasteiger partial charge in [-0.25, -0.2) is 0 Å². The third-order valence-corrected chi connectivity index (χ3v) is 1.55. The van der Waals surface area contributed by atoms with Crippen molar-refractivity contribution in [1.29, 1.82) is 5.26 Å². The van der Waals surface area contributed by atoms with E-state index in [-0.39, 0.29) is 0 Å². The van der Waals surface area contributed by atoms with Crippen LogP contribution in [0.15, 0.2) is 15.6 Å². The van der Waals surface area contributed by atoms with Crippen LogP contribution in [0.25, 0.3) is 0 Å². The van der Waals surface area contributed by atoms with Crippen LogP contribution in [-0.4, -0.2) is 12.3 Å². The first kappa shape index (κ1) is 5.52. The van der Waals surface area contributed by atoms with Crippen molar-refractivity contribution in [2.24, 2.45) is 4.99 Å². The van der Waals surface area contributed by atoms with Crippen LogP contribution in [0, 0.1) is 11.3 Å². The minimum absolute atomic E-state index is 0.505. The molecule has 0 saturated carbocycles. The number of hydrogen-bond acceptors (Lipinski definition) is 2. The highest BCUT2D eigenvalue weighted by Crippen LogP contribution is 2.11. The van der Waals surface area contributed by atoms with E-state index >= 15 is 0 Å². The molecule has 0 aromatic heterocycles. The highest BCUT2D eigenvalue weighted by molar-refractivity contribution is 9.12. The van der Waals surface area contributed by atoms with Crippen molar-refractivity contribution in [3.05, 3.63) is 10.6 Å². The van der Waals surface area contributed by atoms with Crippen molar-refractivity contribution in [2.75, 3.05) is 6.54 Å². The van der Waals surface area contributed by atoms with E-state index in [9.17, 15) is 0 Å². The predicted molar refractivity (Wildman–Crippen MR) is 34.9 cm³/mol. The maximum absolute atomic E-state index is 8.28. The molecule has 3 heteroatoms. The average molecular weight is 171 g/mol. The molecule has 0 unspecified atom stereocenters. The van der Waals surface area contributed by atoms with Crippen molar-refractivity contribution in [2.45, 2.75) is 0 Å². The van der Waals surface area contributed by atoms with Crippen molar-refractivity contribution < 1.29 is 0 Å². The molecule has 0 N–H and O–H groups in total. The number of rotatable bonds is 0. The number of allylic oxidation sites excluding steroid dienone is 1. The van der Waals surface area contributed by atoms with E-state index in [0.717, 1.165) is 4.48 Å². The average Bonchev–Trinajstić information content (AvgIpc) is 2.14. The maximum atomic E-state index is 8.28. The first-order chi connectivity index (χ1) is 3.84. The summed E-state index contributed by atoms with van der Waals surface area (Å²) in [5, 5.41) is 8.28. The summed E-state index contributed by atoms with van der Waals surface area (Å²) in [4.78, 5) is 3.85. The standard InChI is InChI=1S/C5H3BrN2/c6-4-1-2-8-5(4)3-7/h1H,2H2. The molecule has 0 bridgehead atoms. The Morgan fingerprint density at radius 2 is 2.62 bits per heavy atom. The van der Waals surface area contributed by atoms with Gasteiger partial charge >= 0.3 is 0 Å². The molecular weight excluding hydrogens is 168 g/mol. The Morgan fingerprint density at radius 1 is 1.88 bits per heavy atom. The molecule has 1 aliphatic heterocycles. The zero-order valence-electron chi connectivity index (χ0n) is 4.06. The topological polar surface area (TPSA) is 36.1 Å². The molecule has 0 spiro atoms. The second kappa shape index (κ2) is 2.10. The minimum atomic E-state index is 0.505. The SMILES string of the molecule is N#CC1=NCC=C1Br. The van der Waals surface area contributed by atoms with Crippen LogP contribution in [0.3, 0.4) is 0 Å². The number of nitriles is 1. The quantitative estimate of drug-likeness (QED) is 0.540. The van der Waals surface area contributed by atoms with Crippen molar-refractivity contribution in [3.63, 3.8) is 0 Å². The molecule has 0 aromatic carbocycles. The second-order valence-electron chi connectivity index (χ2n) is 1.35. The molecule has 0 aliphatic carbocycles. The van der Waals surface area contributed by atoms with Gasteiger partial charge in [-0.05, 0) is 22.0 Å². The highest BCUT2D eigenvalue weighted by Gasteiger charge is 2.05. The molecule has 0 fully saturated rings. The van der Waals surface area contributed by atoms with Crippen LogP contribution in [0.2, 0.25) is 0 Å². The first-order valence-corrected chi connectivity index (χ1v) is 2.94. The van der Waals surface area contributed by atoms with E-state index in [1.165, 1.54) is 0 Å². The lowest BCUT2D eigenvalue weighted by Gasteiger charge is -1.79. The number of aliphatic imine (C=N–C) groups is 1. The fourth-order valence-corrected chi connectivity index (χ4v) is 0.837. The van der Waals surface area contributed by atoms with Crippen LogP contribution in [-0.2, 0) is 0 Å². The summed E-state index contributed by atoms with van der Waals surface area (Å²) in [5.41, 5.74) is 0.505. The molecule has 0 saturated heterocycles. The first-order valence-electron chi connectivity index (χ1n) is 2.15. The molecule has 0 atom stereocenters. The Morgan fingerprint density at radius 3 is 2.88 bits per heavy atom. The number of nitrogens with zero attached hydrogens (tertiary/aromatic N) is 2. The molecule has 8 heavy (non-hydrogen) atoms. The predicted octanol–water partition coefficient (Wildman–Crippen LogP) is 1.24. The molecule has 0 amide bonds. The summed E-state index contributed by atoms with van der Waals surface area (Å²) >= 11 is 3.17. The lowest BCUT2D eigenvalue weighted by atomic mass is 10.4. The normalized spacial score (nSPS) is 17.0. The maximum Gasteiger partial charge on any atom is 0.149 e. The summed E-state index contributed by atoms with van der Waals surface area (Å²) < 4.78 is 0.819. The molecule has 1 heterocycles. The van der Waals surface area contributed by atoms with Gasteiger partial charge in [0.05, 0.1) is 11.0 Å². The van der Waals surface area contributed by atoms with Gasteiger partial charge in [0.25, 0.3) is 0 Å². The third-order valence-electron chi connectivity index (χ3n) is 0.852. The van der Waals surface area contributed by atoms with Crippen LogP contribution in [0.4, 0.5) is 0 Å². The molecular formula is C5H3BrN2. The van der Waals surface area contributed by atoms with Crippen LogP contribution < -0.4 is 0 Å². The number of halogens is 1. The van der Waals surface area contributed by atoms with E-state index in [1.54, 1.807) is 0 Å². The summed E-state index contributed by atoms with van der Waals surface area (Å²) in [5.74, 6) is 0.